The predicted molar refractivity (Wildman–Crippen MR) is 101 cm³/mol. The number of hydrogen-bond donors (Lipinski definition) is 1. The standard InChI is InChI=1S/C21H25FN2O3/c1-14-11-21(12-14,17-6-4-5-7-18(17)22)23-20(26)16-13-24(8-9-27-3)15(2)10-19(16)25/h4-7,10,13-14H,8-9,11-12H2,1-3H3,(H,23,26). The lowest BCUT2D eigenvalue weighted by molar-refractivity contribution is 0.0700. The highest BCUT2D eigenvalue weighted by Crippen LogP contribution is 2.46. The van der Waals surface area contributed by atoms with Crippen LogP contribution in [-0.2, 0) is 16.8 Å². The Kier molecular flexibility index (Phi) is 5.46. The van der Waals surface area contributed by atoms with Crippen molar-refractivity contribution >= 4 is 5.91 Å². The zero-order chi connectivity index (χ0) is 19.6. The third-order valence-corrected chi connectivity index (χ3v) is 5.26. The van der Waals surface area contributed by atoms with Gasteiger partial charge < -0.3 is 14.6 Å². The largest absolute Gasteiger partial charge is 0.383 e. The summed E-state index contributed by atoms with van der Waals surface area (Å²) in [4.78, 5) is 25.3. The molecule has 1 aromatic carbocycles. The summed E-state index contributed by atoms with van der Waals surface area (Å²) >= 11 is 0. The number of ether oxygens (including phenoxy) is 1. The van der Waals surface area contributed by atoms with E-state index in [2.05, 4.69) is 12.2 Å². The molecular formula is C21H25FN2O3. The Morgan fingerprint density at radius 1 is 1.37 bits per heavy atom. The molecule has 1 amide bonds. The predicted octanol–water partition coefficient (Wildman–Crippen LogP) is 3.00. The van der Waals surface area contributed by atoms with Crippen molar-refractivity contribution in [1.29, 1.82) is 0 Å². The van der Waals surface area contributed by atoms with E-state index in [1.807, 2.05) is 11.5 Å². The van der Waals surface area contributed by atoms with Gasteiger partial charge in [0.1, 0.15) is 11.4 Å². The number of pyridine rings is 1. The highest BCUT2D eigenvalue weighted by atomic mass is 19.1. The normalized spacial score (nSPS) is 21.6. The van der Waals surface area contributed by atoms with E-state index in [0.717, 1.165) is 5.69 Å². The van der Waals surface area contributed by atoms with Crippen molar-refractivity contribution in [1.82, 2.24) is 9.88 Å². The number of carbonyl (C=O) groups is 1. The Morgan fingerprint density at radius 2 is 2.07 bits per heavy atom. The van der Waals surface area contributed by atoms with Crippen LogP contribution in [0.4, 0.5) is 4.39 Å². The van der Waals surface area contributed by atoms with Gasteiger partial charge in [-0.15, -0.1) is 0 Å². The van der Waals surface area contributed by atoms with Crippen molar-refractivity contribution in [3.8, 4) is 0 Å². The molecule has 1 heterocycles. The quantitative estimate of drug-likeness (QED) is 0.848. The first-order chi connectivity index (χ1) is 12.9. The Morgan fingerprint density at radius 3 is 2.70 bits per heavy atom. The zero-order valence-electron chi connectivity index (χ0n) is 15.9. The van der Waals surface area contributed by atoms with E-state index in [9.17, 15) is 14.0 Å². The second-order valence-electron chi connectivity index (χ2n) is 7.41. The summed E-state index contributed by atoms with van der Waals surface area (Å²) < 4.78 is 21.3. The van der Waals surface area contributed by atoms with Gasteiger partial charge in [-0.05, 0) is 31.7 Å². The molecule has 1 aliphatic rings. The van der Waals surface area contributed by atoms with Crippen molar-refractivity contribution in [2.75, 3.05) is 13.7 Å². The van der Waals surface area contributed by atoms with Gasteiger partial charge in [-0.3, -0.25) is 9.59 Å². The number of nitrogens with zero attached hydrogens (tertiary/aromatic N) is 1. The lowest BCUT2D eigenvalue weighted by Gasteiger charge is -2.47. The Balaban J connectivity index is 1.92. The highest BCUT2D eigenvalue weighted by molar-refractivity contribution is 5.94. The first kappa shape index (κ1) is 19.3. The Hall–Kier alpha value is -2.47. The van der Waals surface area contributed by atoms with E-state index < -0.39 is 11.4 Å². The van der Waals surface area contributed by atoms with Crippen LogP contribution in [0.3, 0.4) is 0 Å². The summed E-state index contributed by atoms with van der Waals surface area (Å²) in [6.07, 6.45) is 2.84. The molecule has 1 aliphatic carbocycles. The monoisotopic (exact) mass is 372 g/mol. The molecule has 0 radical (unpaired) electrons. The molecule has 144 valence electrons. The molecule has 6 heteroatoms. The number of carbonyl (C=O) groups excluding carboxylic acids is 1. The minimum Gasteiger partial charge on any atom is -0.383 e. The van der Waals surface area contributed by atoms with Gasteiger partial charge in [0.05, 0.1) is 12.1 Å². The molecule has 0 spiro atoms. The van der Waals surface area contributed by atoms with Crippen LogP contribution in [0.15, 0.2) is 41.3 Å². The molecular weight excluding hydrogens is 347 g/mol. The summed E-state index contributed by atoms with van der Waals surface area (Å²) in [5.41, 5.74) is 0.191. The molecule has 1 aromatic heterocycles. The van der Waals surface area contributed by atoms with Crippen LogP contribution in [-0.4, -0.2) is 24.2 Å². The third kappa shape index (κ3) is 3.81. The van der Waals surface area contributed by atoms with Crippen LogP contribution >= 0.6 is 0 Å². The summed E-state index contributed by atoms with van der Waals surface area (Å²) in [6.45, 7) is 4.89. The van der Waals surface area contributed by atoms with Crippen LogP contribution in [0.25, 0.3) is 0 Å². The van der Waals surface area contributed by atoms with E-state index in [4.69, 9.17) is 4.74 Å². The molecule has 3 rings (SSSR count). The number of benzene rings is 1. The molecule has 1 N–H and O–H groups in total. The van der Waals surface area contributed by atoms with Crippen LogP contribution in [0, 0.1) is 18.7 Å². The number of hydrogen-bond acceptors (Lipinski definition) is 3. The van der Waals surface area contributed by atoms with Gasteiger partial charge in [-0.2, -0.15) is 0 Å². The fourth-order valence-electron chi connectivity index (χ4n) is 3.93. The molecule has 0 bridgehead atoms. The van der Waals surface area contributed by atoms with Gasteiger partial charge in [0.15, 0.2) is 5.43 Å². The lowest BCUT2D eigenvalue weighted by atomic mass is 9.65. The third-order valence-electron chi connectivity index (χ3n) is 5.26. The maximum Gasteiger partial charge on any atom is 0.257 e. The summed E-state index contributed by atoms with van der Waals surface area (Å²) in [6, 6.07) is 7.94. The van der Waals surface area contributed by atoms with Crippen LogP contribution < -0.4 is 10.7 Å². The van der Waals surface area contributed by atoms with Gasteiger partial charge in [0.25, 0.3) is 5.91 Å². The SMILES string of the molecule is COCCn1cc(C(=O)NC2(c3ccccc3F)CC(C)C2)c(=O)cc1C. The van der Waals surface area contributed by atoms with Gasteiger partial charge in [-0.1, -0.05) is 25.1 Å². The molecule has 0 atom stereocenters. The number of aryl methyl sites for hydroxylation is 1. The smallest absolute Gasteiger partial charge is 0.257 e. The molecule has 1 fully saturated rings. The second-order valence-corrected chi connectivity index (χ2v) is 7.41. The average molecular weight is 372 g/mol. The van der Waals surface area contributed by atoms with E-state index in [-0.39, 0.29) is 16.8 Å². The second kappa shape index (κ2) is 7.64. The fraction of sp³-hybridized carbons (Fsp3) is 0.429. The van der Waals surface area contributed by atoms with Gasteiger partial charge in [0.2, 0.25) is 0 Å². The summed E-state index contributed by atoms with van der Waals surface area (Å²) in [5, 5.41) is 2.95. The Labute approximate surface area is 158 Å². The summed E-state index contributed by atoms with van der Waals surface area (Å²) in [7, 11) is 1.60. The molecule has 0 saturated heterocycles. The van der Waals surface area contributed by atoms with Crippen molar-refractivity contribution in [3.63, 3.8) is 0 Å². The lowest BCUT2D eigenvalue weighted by Crippen LogP contribution is -2.55. The van der Waals surface area contributed by atoms with Crippen molar-refractivity contribution in [3.05, 3.63) is 69.4 Å². The van der Waals surface area contributed by atoms with Crippen LogP contribution in [0.5, 0.6) is 0 Å². The van der Waals surface area contributed by atoms with Gasteiger partial charge in [-0.25, -0.2) is 4.39 Å². The molecule has 1 saturated carbocycles. The van der Waals surface area contributed by atoms with E-state index >= 15 is 0 Å². The van der Waals surface area contributed by atoms with Crippen LogP contribution in [0.2, 0.25) is 0 Å². The zero-order valence-corrected chi connectivity index (χ0v) is 15.9. The van der Waals surface area contributed by atoms with Crippen molar-refractivity contribution < 1.29 is 13.9 Å². The minimum atomic E-state index is -0.767. The number of methoxy groups -OCH3 is 1. The Bertz CT molecular complexity index is 901. The van der Waals surface area contributed by atoms with Crippen molar-refractivity contribution in [2.45, 2.75) is 38.8 Å². The first-order valence-corrected chi connectivity index (χ1v) is 9.14. The number of halogens is 1. The van der Waals surface area contributed by atoms with Crippen molar-refractivity contribution in [2.24, 2.45) is 5.92 Å². The maximum absolute atomic E-state index is 14.4. The molecule has 0 aliphatic heterocycles. The van der Waals surface area contributed by atoms with E-state index in [1.165, 1.54) is 12.1 Å². The average Bonchev–Trinajstić information content (AvgIpc) is 2.59. The molecule has 2 aromatic rings. The number of rotatable bonds is 6. The topological polar surface area (TPSA) is 60.3 Å². The minimum absolute atomic E-state index is 0.0620. The van der Waals surface area contributed by atoms with Gasteiger partial charge >= 0.3 is 0 Å². The van der Waals surface area contributed by atoms with Crippen LogP contribution in [0.1, 0.15) is 41.4 Å². The molecule has 5 nitrogen and oxygen atoms in total. The first-order valence-electron chi connectivity index (χ1n) is 9.14. The summed E-state index contributed by atoms with van der Waals surface area (Å²) in [5.74, 6) is -0.436. The molecule has 0 unspecified atom stereocenters. The highest BCUT2D eigenvalue weighted by Gasteiger charge is 2.46. The number of nitrogens with one attached hydrogen (secondary N) is 1. The van der Waals surface area contributed by atoms with E-state index in [0.29, 0.717) is 37.5 Å². The fourth-order valence-corrected chi connectivity index (χ4v) is 3.93. The number of aromatic nitrogens is 1. The van der Waals surface area contributed by atoms with E-state index in [1.54, 1.807) is 31.5 Å². The molecule has 27 heavy (non-hydrogen) atoms. The maximum atomic E-state index is 14.4. The number of amides is 1. The van der Waals surface area contributed by atoms with Gasteiger partial charge in [0, 0.05) is 37.2 Å².